The van der Waals surface area contributed by atoms with Crippen LogP contribution >= 0.6 is 0 Å². The lowest BCUT2D eigenvalue weighted by atomic mass is 10.0. The SMILES string of the molecule is CC(=O)Nc1ccc(/C=C/C(=O)N2CCCC(C)C2)cc1. The van der Waals surface area contributed by atoms with Crippen molar-refractivity contribution in [2.75, 3.05) is 18.4 Å². The van der Waals surface area contributed by atoms with Gasteiger partial charge in [-0.25, -0.2) is 0 Å². The highest BCUT2D eigenvalue weighted by molar-refractivity contribution is 5.92. The van der Waals surface area contributed by atoms with Gasteiger partial charge in [0.1, 0.15) is 0 Å². The van der Waals surface area contributed by atoms with Gasteiger partial charge in [0, 0.05) is 31.8 Å². The number of amides is 2. The summed E-state index contributed by atoms with van der Waals surface area (Å²) in [7, 11) is 0. The molecule has 112 valence electrons. The van der Waals surface area contributed by atoms with E-state index in [9.17, 15) is 9.59 Å². The van der Waals surface area contributed by atoms with Crippen molar-refractivity contribution in [1.29, 1.82) is 0 Å². The first kappa shape index (κ1) is 15.3. The van der Waals surface area contributed by atoms with Crippen molar-refractivity contribution in [1.82, 2.24) is 4.90 Å². The van der Waals surface area contributed by atoms with Gasteiger partial charge in [-0.3, -0.25) is 9.59 Å². The molecule has 2 amide bonds. The summed E-state index contributed by atoms with van der Waals surface area (Å²) in [5, 5.41) is 2.72. The van der Waals surface area contributed by atoms with Crippen molar-refractivity contribution < 1.29 is 9.59 Å². The third kappa shape index (κ3) is 4.74. The molecule has 4 nitrogen and oxygen atoms in total. The van der Waals surface area contributed by atoms with Crippen molar-refractivity contribution in [3.8, 4) is 0 Å². The topological polar surface area (TPSA) is 49.4 Å². The third-order valence-corrected chi connectivity index (χ3v) is 3.62. The van der Waals surface area contributed by atoms with E-state index in [2.05, 4.69) is 12.2 Å². The lowest BCUT2D eigenvalue weighted by molar-refractivity contribution is -0.127. The van der Waals surface area contributed by atoms with E-state index in [-0.39, 0.29) is 11.8 Å². The Bertz CT molecular complexity index is 534. The normalized spacial score (nSPS) is 18.8. The second-order valence-corrected chi connectivity index (χ2v) is 5.67. The molecule has 1 unspecified atom stereocenters. The summed E-state index contributed by atoms with van der Waals surface area (Å²) in [6, 6.07) is 7.42. The van der Waals surface area contributed by atoms with Crippen molar-refractivity contribution in [2.24, 2.45) is 5.92 Å². The van der Waals surface area contributed by atoms with Crippen molar-refractivity contribution in [3.63, 3.8) is 0 Å². The molecule has 1 N–H and O–H groups in total. The Morgan fingerprint density at radius 2 is 2.00 bits per heavy atom. The quantitative estimate of drug-likeness (QED) is 0.869. The van der Waals surface area contributed by atoms with Gasteiger partial charge in [-0.05, 0) is 42.5 Å². The fourth-order valence-corrected chi connectivity index (χ4v) is 2.54. The van der Waals surface area contributed by atoms with E-state index in [1.54, 1.807) is 6.08 Å². The summed E-state index contributed by atoms with van der Waals surface area (Å²) < 4.78 is 0. The first-order valence-electron chi connectivity index (χ1n) is 7.39. The Kier molecular flexibility index (Phi) is 5.14. The van der Waals surface area contributed by atoms with E-state index in [1.165, 1.54) is 13.3 Å². The lowest BCUT2D eigenvalue weighted by Crippen LogP contribution is -2.38. The zero-order chi connectivity index (χ0) is 15.2. The molecule has 1 aliphatic rings. The van der Waals surface area contributed by atoms with Gasteiger partial charge in [0.25, 0.3) is 0 Å². The van der Waals surface area contributed by atoms with Crippen LogP contribution in [-0.4, -0.2) is 29.8 Å². The van der Waals surface area contributed by atoms with Gasteiger partial charge < -0.3 is 10.2 Å². The molecule has 0 aromatic heterocycles. The molecule has 2 rings (SSSR count). The van der Waals surface area contributed by atoms with Crippen LogP contribution in [0.25, 0.3) is 6.08 Å². The standard InChI is InChI=1S/C17H22N2O2/c1-13-4-3-11-19(12-13)17(21)10-7-15-5-8-16(9-6-15)18-14(2)20/h5-10,13H,3-4,11-12H2,1-2H3,(H,18,20)/b10-7+. The minimum atomic E-state index is -0.0901. The van der Waals surface area contributed by atoms with E-state index in [0.717, 1.165) is 30.8 Å². The fraction of sp³-hybridized carbons (Fsp3) is 0.412. The predicted molar refractivity (Wildman–Crippen MR) is 84.8 cm³/mol. The minimum Gasteiger partial charge on any atom is -0.339 e. The Labute approximate surface area is 125 Å². The number of anilines is 1. The van der Waals surface area contributed by atoms with Gasteiger partial charge in [0.15, 0.2) is 0 Å². The van der Waals surface area contributed by atoms with Crippen molar-refractivity contribution >= 4 is 23.6 Å². The van der Waals surface area contributed by atoms with Crippen LogP contribution in [-0.2, 0) is 9.59 Å². The molecule has 1 aromatic rings. The Morgan fingerprint density at radius 3 is 2.62 bits per heavy atom. The molecule has 0 spiro atoms. The summed E-state index contributed by atoms with van der Waals surface area (Å²) in [6.45, 7) is 5.37. The highest BCUT2D eigenvalue weighted by Crippen LogP contribution is 2.16. The Balaban J connectivity index is 1.93. The molecule has 1 atom stereocenters. The first-order chi connectivity index (χ1) is 10.0. The maximum absolute atomic E-state index is 12.1. The van der Waals surface area contributed by atoms with E-state index in [0.29, 0.717) is 5.92 Å². The van der Waals surface area contributed by atoms with Crippen LogP contribution in [0, 0.1) is 5.92 Å². The zero-order valence-corrected chi connectivity index (χ0v) is 12.6. The molecular weight excluding hydrogens is 264 g/mol. The maximum Gasteiger partial charge on any atom is 0.246 e. The molecule has 1 saturated heterocycles. The molecule has 1 aliphatic heterocycles. The third-order valence-electron chi connectivity index (χ3n) is 3.62. The fourth-order valence-electron chi connectivity index (χ4n) is 2.54. The summed E-state index contributed by atoms with van der Waals surface area (Å²) in [5.41, 5.74) is 1.71. The van der Waals surface area contributed by atoms with Gasteiger partial charge in [-0.2, -0.15) is 0 Å². The minimum absolute atomic E-state index is 0.0764. The van der Waals surface area contributed by atoms with Crippen molar-refractivity contribution in [2.45, 2.75) is 26.7 Å². The van der Waals surface area contributed by atoms with Crippen LogP contribution in [0.3, 0.4) is 0 Å². The highest BCUT2D eigenvalue weighted by Gasteiger charge is 2.18. The van der Waals surface area contributed by atoms with E-state index in [1.807, 2.05) is 35.2 Å². The molecule has 4 heteroatoms. The van der Waals surface area contributed by atoms with Gasteiger partial charge in [-0.15, -0.1) is 0 Å². The van der Waals surface area contributed by atoms with Crippen LogP contribution in [0.15, 0.2) is 30.3 Å². The largest absolute Gasteiger partial charge is 0.339 e. The molecule has 0 bridgehead atoms. The van der Waals surface area contributed by atoms with Gasteiger partial charge >= 0.3 is 0 Å². The second kappa shape index (κ2) is 7.07. The predicted octanol–water partition coefficient (Wildman–Crippen LogP) is 2.92. The van der Waals surface area contributed by atoms with Crippen LogP contribution in [0.4, 0.5) is 5.69 Å². The number of benzene rings is 1. The number of hydrogen-bond donors (Lipinski definition) is 1. The monoisotopic (exact) mass is 286 g/mol. The average Bonchev–Trinajstić information content (AvgIpc) is 2.45. The van der Waals surface area contributed by atoms with Crippen LogP contribution in [0.1, 0.15) is 32.3 Å². The highest BCUT2D eigenvalue weighted by atomic mass is 16.2. The van der Waals surface area contributed by atoms with Crippen LogP contribution < -0.4 is 5.32 Å². The number of likely N-dealkylation sites (tertiary alicyclic amines) is 1. The number of piperidine rings is 1. The van der Waals surface area contributed by atoms with Crippen LogP contribution in [0.2, 0.25) is 0 Å². The zero-order valence-electron chi connectivity index (χ0n) is 12.6. The van der Waals surface area contributed by atoms with Crippen molar-refractivity contribution in [3.05, 3.63) is 35.9 Å². The number of carbonyl (C=O) groups excluding carboxylic acids is 2. The van der Waals surface area contributed by atoms with E-state index in [4.69, 9.17) is 0 Å². The van der Waals surface area contributed by atoms with E-state index >= 15 is 0 Å². The molecule has 1 fully saturated rings. The summed E-state index contributed by atoms with van der Waals surface area (Å²) in [5.74, 6) is 0.577. The Hall–Kier alpha value is -2.10. The second-order valence-electron chi connectivity index (χ2n) is 5.67. The number of rotatable bonds is 3. The molecule has 0 aliphatic carbocycles. The molecule has 0 saturated carbocycles. The number of carbonyl (C=O) groups is 2. The number of nitrogens with one attached hydrogen (secondary N) is 1. The molecule has 21 heavy (non-hydrogen) atoms. The number of nitrogens with zero attached hydrogens (tertiary/aromatic N) is 1. The summed E-state index contributed by atoms with van der Waals surface area (Å²) in [4.78, 5) is 25.0. The summed E-state index contributed by atoms with van der Waals surface area (Å²) >= 11 is 0. The van der Waals surface area contributed by atoms with Crippen LogP contribution in [0.5, 0.6) is 0 Å². The summed E-state index contributed by atoms with van der Waals surface area (Å²) in [6.07, 6.45) is 5.74. The van der Waals surface area contributed by atoms with Gasteiger partial charge in [0.2, 0.25) is 11.8 Å². The molecule has 1 aromatic carbocycles. The maximum atomic E-state index is 12.1. The van der Waals surface area contributed by atoms with Gasteiger partial charge in [0.05, 0.1) is 0 Å². The first-order valence-corrected chi connectivity index (χ1v) is 7.39. The molecule has 1 heterocycles. The number of hydrogen-bond acceptors (Lipinski definition) is 2. The smallest absolute Gasteiger partial charge is 0.246 e. The molecule has 0 radical (unpaired) electrons. The molecular formula is C17H22N2O2. The lowest BCUT2D eigenvalue weighted by Gasteiger charge is -2.30. The average molecular weight is 286 g/mol. The van der Waals surface area contributed by atoms with Gasteiger partial charge in [-0.1, -0.05) is 19.1 Å². The van der Waals surface area contributed by atoms with E-state index < -0.39 is 0 Å². The Morgan fingerprint density at radius 1 is 1.29 bits per heavy atom.